The molecule has 186 valence electrons. The van der Waals surface area contributed by atoms with Crippen molar-refractivity contribution < 1.29 is 18.0 Å². The van der Waals surface area contributed by atoms with Gasteiger partial charge in [0.2, 0.25) is 0 Å². The third-order valence-electron chi connectivity index (χ3n) is 6.71. The lowest BCUT2D eigenvalue weighted by Crippen LogP contribution is -2.40. The average molecular weight is 496 g/mol. The number of hydrogen-bond acceptors (Lipinski definition) is 4. The fourth-order valence-electron chi connectivity index (χ4n) is 4.72. The van der Waals surface area contributed by atoms with Gasteiger partial charge in [-0.05, 0) is 67.4 Å². The summed E-state index contributed by atoms with van der Waals surface area (Å²) in [5, 5.41) is 0. The maximum atomic E-state index is 13.1. The van der Waals surface area contributed by atoms with Gasteiger partial charge in [-0.15, -0.1) is 0 Å². The van der Waals surface area contributed by atoms with E-state index < -0.39 is 17.4 Å². The van der Waals surface area contributed by atoms with Gasteiger partial charge in [0.05, 0.1) is 16.6 Å². The maximum Gasteiger partial charge on any atom is 0.416 e. The highest BCUT2D eigenvalue weighted by molar-refractivity contribution is 5.94. The highest BCUT2D eigenvalue weighted by Gasteiger charge is 2.32. The summed E-state index contributed by atoms with van der Waals surface area (Å²) in [5.74, 6) is -0.0901. The maximum absolute atomic E-state index is 13.1. The van der Waals surface area contributed by atoms with Crippen LogP contribution in [0.2, 0.25) is 0 Å². The molecule has 4 aromatic rings. The molecule has 0 unspecified atom stereocenters. The van der Waals surface area contributed by atoms with E-state index in [-0.39, 0.29) is 17.5 Å². The Kier molecular flexibility index (Phi) is 6.03. The van der Waals surface area contributed by atoms with E-state index >= 15 is 0 Å². The van der Waals surface area contributed by atoms with E-state index in [0.29, 0.717) is 37.0 Å². The van der Waals surface area contributed by atoms with E-state index in [1.54, 1.807) is 29.4 Å². The van der Waals surface area contributed by atoms with Crippen LogP contribution in [-0.4, -0.2) is 45.5 Å². The Morgan fingerprint density at radius 3 is 2.28 bits per heavy atom. The van der Waals surface area contributed by atoms with Crippen molar-refractivity contribution in [3.05, 3.63) is 88.6 Å². The zero-order chi connectivity index (χ0) is 25.4. The molecule has 1 saturated heterocycles. The Balaban J connectivity index is 1.27. The average Bonchev–Trinajstić information content (AvgIpc) is 3.23. The number of hydrogen-bond donors (Lipinski definition) is 1. The molecule has 5 rings (SSSR count). The van der Waals surface area contributed by atoms with Crippen molar-refractivity contribution >= 4 is 28.3 Å². The van der Waals surface area contributed by atoms with Crippen molar-refractivity contribution in [1.29, 1.82) is 0 Å². The van der Waals surface area contributed by atoms with Gasteiger partial charge in [-0.3, -0.25) is 14.3 Å². The predicted octanol–water partition coefficient (Wildman–Crippen LogP) is 4.99. The minimum atomic E-state index is -4.48. The number of piperidine rings is 1. The molecular weight excluding hydrogens is 471 g/mol. The van der Waals surface area contributed by atoms with Gasteiger partial charge >= 0.3 is 11.9 Å². The number of rotatable bonds is 4. The summed E-state index contributed by atoms with van der Waals surface area (Å²) >= 11 is 0. The smallest absolute Gasteiger partial charge is 0.345 e. The molecule has 36 heavy (non-hydrogen) atoms. The summed E-state index contributed by atoms with van der Waals surface area (Å²) in [6.45, 7) is 0.893. The predicted molar refractivity (Wildman–Crippen MR) is 130 cm³/mol. The molecule has 1 aliphatic rings. The molecule has 1 amide bonds. The molecule has 0 atom stereocenters. The lowest BCUT2D eigenvalue weighted by Gasteiger charge is -2.32. The van der Waals surface area contributed by atoms with E-state index in [1.807, 2.05) is 36.2 Å². The Labute approximate surface area is 204 Å². The van der Waals surface area contributed by atoms with Crippen molar-refractivity contribution in [2.24, 2.45) is 0 Å². The van der Waals surface area contributed by atoms with Crippen molar-refractivity contribution in [1.82, 2.24) is 19.4 Å². The molecule has 10 heteroatoms. The van der Waals surface area contributed by atoms with Crippen LogP contribution >= 0.6 is 0 Å². The highest BCUT2D eigenvalue weighted by Crippen LogP contribution is 2.32. The molecule has 0 aliphatic carbocycles. The Morgan fingerprint density at radius 1 is 1.00 bits per heavy atom. The first-order valence-corrected chi connectivity index (χ1v) is 11.6. The SMILES string of the molecule is CN(c1ccncc1)c1ccc(C(=O)N2CCC(n3c(=O)[nH]c4cc(C(F)(F)F)ccc43)CC2)cc1. The molecule has 1 aliphatic heterocycles. The third-order valence-corrected chi connectivity index (χ3v) is 6.71. The number of likely N-dealkylation sites (tertiary alicyclic amines) is 1. The van der Waals surface area contributed by atoms with Gasteiger partial charge in [-0.1, -0.05) is 0 Å². The fraction of sp³-hybridized carbons (Fsp3) is 0.269. The number of alkyl halides is 3. The second-order valence-corrected chi connectivity index (χ2v) is 8.86. The lowest BCUT2D eigenvalue weighted by molar-refractivity contribution is -0.137. The van der Waals surface area contributed by atoms with E-state index in [9.17, 15) is 22.8 Å². The van der Waals surface area contributed by atoms with Crippen LogP contribution in [0.15, 0.2) is 71.8 Å². The first kappa shape index (κ1) is 23.7. The van der Waals surface area contributed by atoms with Crippen LogP contribution in [0.4, 0.5) is 24.5 Å². The van der Waals surface area contributed by atoms with Gasteiger partial charge in [0.25, 0.3) is 5.91 Å². The number of aromatic nitrogens is 3. The topological polar surface area (TPSA) is 74.2 Å². The van der Waals surface area contributed by atoms with E-state index in [1.165, 1.54) is 10.6 Å². The Morgan fingerprint density at radius 2 is 1.64 bits per heavy atom. The molecule has 0 saturated carbocycles. The summed E-state index contributed by atoms with van der Waals surface area (Å²) in [6.07, 6.45) is 0.0193. The van der Waals surface area contributed by atoms with Crippen molar-refractivity contribution in [3.63, 3.8) is 0 Å². The minimum Gasteiger partial charge on any atom is -0.345 e. The quantitative estimate of drug-likeness (QED) is 0.433. The number of carbonyl (C=O) groups excluding carboxylic acids is 1. The summed E-state index contributed by atoms with van der Waals surface area (Å²) in [5.41, 5.74) is 1.84. The lowest BCUT2D eigenvalue weighted by atomic mass is 10.0. The molecule has 1 fully saturated rings. The molecule has 1 N–H and O–H groups in total. The number of imidazole rings is 1. The van der Waals surface area contributed by atoms with Crippen LogP contribution in [0.1, 0.15) is 34.8 Å². The zero-order valence-electron chi connectivity index (χ0n) is 19.5. The number of pyridine rings is 1. The molecule has 0 spiro atoms. The van der Waals surface area contributed by atoms with E-state index in [0.717, 1.165) is 23.5 Å². The van der Waals surface area contributed by atoms with Crippen molar-refractivity contribution in [2.45, 2.75) is 25.1 Å². The standard InChI is InChI=1S/C26H24F3N5O2/c1-32(20-8-12-30-13-9-20)19-5-2-17(3-6-19)24(35)33-14-10-21(11-15-33)34-23-7-4-18(26(27,28)29)16-22(23)31-25(34)36/h2-9,12-13,16,21H,10-11,14-15H2,1H3,(H,31,36). The monoisotopic (exact) mass is 495 g/mol. The van der Waals surface area contributed by atoms with Gasteiger partial charge in [0, 0.05) is 55.5 Å². The zero-order valence-corrected chi connectivity index (χ0v) is 19.5. The third kappa shape index (κ3) is 4.46. The summed E-state index contributed by atoms with van der Waals surface area (Å²) in [4.78, 5) is 36.0. The molecule has 2 aromatic carbocycles. The number of amides is 1. The van der Waals surface area contributed by atoms with Gasteiger partial charge in [0.15, 0.2) is 0 Å². The number of nitrogens with one attached hydrogen (secondary N) is 1. The molecule has 3 heterocycles. The first-order chi connectivity index (χ1) is 17.2. The van der Waals surface area contributed by atoms with Gasteiger partial charge in [-0.25, -0.2) is 4.79 Å². The van der Waals surface area contributed by atoms with Crippen LogP contribution < -0.4 is 10.6 Å². The van der Waals surface area contributed by atoms with Crippen LogP contribution in [0.3, 0.4) is 0 Å². The Bertz CT molecular complexity index is 1440. The number of halogens is 3. The number of anilines is 2. The highest BCUT2D eigenvalue weighted by atomic mass is 19.4. The number of carbonyl (C=O) groups is 1. The minimum absolute atomic E-state index is 0.0901. The second-order valence-electron chi connectivity index (χ2n) is 8.86. The molecule has 7 nitrogen and oxygen atoms in total. The Hall–Kier alpha value is -4.08. The van der Waals surface area contributed by atoms with Crippen molar-refractivity contribution in [2.75, 3.05) is 25.0 Å². The van der Waals surface area contributed by atoms with Gasteiger partial charge < -0.3 is 14.8 Å². The largest absolute Gasteiger partial charge is 0.416 e. The van der Waals surface area contributed by atoms with Crippen LogP contribution in [0.5, 0.6) is 0 Å². The number of benzene rings is 2. The van der Waals surface area contributed by atoms with Crippen LogP contribution in [-0.2, 0) is 6.18 Å². The molecular formula is C26H24F3N5O2. The van der Waals surface area contributed by atoms with Crippen molar-refractivity contribution in [3.8, 4) is 0 Å². The number of nitrogens with zero attached hydrogens (tertiary/aromatic N) is 4. The number of aromatic amines is 1. The normalized spacial score (nSPS) is 14.8. The molecule has 2 aromatic heterocycles. The summed E-state index contributed by atoms with van der Waals surface area (Å²) in [6, 6.07) is 14.2. The molecule has 0 radical (unpaired) electrons. The number of fused-ring (bicyclic) bond motifs is 1. The molecule has 0 bridgehead atoms. The first-order valence-electron chi connectivity index (χ1n) is 11.6. The fourth-order valence-corrected chi connectivity index (χ4v) is 4.72. The van der Waals surface area contributed by atoms with Gasteiger partial charge in [-0.2, -0.15) is 13.2 Å². The van der Waals surface area contributed by atoms with Crippen LogP contribution in [0, 0.1) is 0 Å². The van der Waals surface area contributed by atoms with E-state index in [2.05, 4.69) is 9.97 Å². The number of H-pyrrole nitrogens is 1. The summed E-state index contributed by atoms with van der Waals surface area (Å²) in [7, 11) is 1.94. The van der Waals surface area contributed by atoms with Gasteiger partial charge in [0.1, 0.15) is 0 Å². The van der Waals surface area contributed by atoms with Crippen LogP contribution in [0.25, 0.3) is 11.0 Å². The summed E-state index contributed by atoms with van der Waals surface area (Å²) < 4.78 is 40.6. The second kappa shape index (κ2) is 9.18. The van der Waals surface area contributed by atoms with E-state index in [4.69, 9.17) is 0 Å².